The van der Waals surface area contributed by atoms with Crippen molar-refractivity contribution in [3.05, 3.63) is 99.7 Å². The number of aromatic amines is 1. The lowest BCUT2D eigenvalue weighted by atomic mass is 10.1. The second-order valence-electron chi connectivity index (χ2n) is 8.33. The van der Waals surface area contributed by atoms with Crippen LogP contribution in [0.4, 0.5) is 0 Å². The number of imidazole rings is 1. The van der Waals surface area contributed by atoms with E-state index in [1.54, 1.807) is 4.57 Å². The molecule has 4 rings (SSSR count). The molecule has 4 aromatic rings. The predicted octanol–water partition coefficient (Wildman–Crippen LogP) is 3.21. The number of nitrogens with zero attached hydrogens (tertiary/aromatic N) is 2. The molecule has 0 saturated carbocycles. The second kappa shape index (κ2) is 10.2. The summed E-state index contributed by atoms with van der Waals surface area (Å²) in [7, 11) is 0. The van der Waals surface area contributed by atoms with Crippen LogP contribution in [0.3, 0.4) is 0 Å². The lowest BCUT2D eigenvalue weighted by Crippen LogP contribution is -2.36. The third kappa shape index (κ3) is 5.23. The van der Waals surface area contributed by atoms with E-state index in [-0.39, 0.29) is 23.7 Å². The summed E-state index contributed by atoms with van der Waals surface area (Å²) in [6.07, 6.45) is 3.48. The van der Waals surface area contributed by atoms with Crippen LogP contribution in [0, 0.1) is 0 Å². The third-order valence-corrected chi connectivity index (χ3v) is 5.51. The quantitative estimate of drug-likeness (QED) is 0.377. The van der Waals surface area contributed by atoms with Crippen LogP contribution < -0.4 is 16.1 Å². The van der Waals surface area contributed by atoms with Crippen molar-refractivity contribution in [3.63, 3.8) is 0 Å². The number of benzene rings is 2. The van der Waals surface area contributed by atoms with E-state index in [0.717, 1.165) is 22.4 Å². The monoisotopic (exact) mass is 457 g/mol. The molecule has 0 saturated heterocycles. The molecule has 0 aliphatic carbocycles. The summed E-state index contributed by atoms with van der Waals surface area (Å²) >= 11 is 0. The molecule has 0 radical (unpaired) electrons. The Morgan fingerprint density at radius 3 is 2.26 bits per heavy atom. The number of fused-ring (bicyclic) bond motifs is 1. The molecule has 0 aliphatic heterocycles. The van der Waals surface area contributed by atoms with Gasteiger partial charge in [-0.05, 0) is 31.5 Å². The Hall–Kier alpha value is -4.20. The Morgan fingerprint density at radius 2 is 1.59 bits per heavy atom. The van der Waals surface area contributed by atoms with Crippen LogP contribution in [-0.2, 0) is 13.0 Å². The summed E-state index contributed by atoms with van der Waals surface area (Å²) < 4.78 is 1.70. The van der Waals surface area contributed by atoms with Crippen molar-refractivity contribution in [1.82, 2.24) is 25.2 Å². The zero-order valence-electron chi connectivity index (χ0n) is 19.2. The van der Waals surface area contributed by atoms with E-state index in [1.807, 2.05) is 68.4 Å². The fourth-order valence-corrected chi connectivity index (χ4v) is 3.61. The van der Waals surface area contributed by atoms with Crippen LogP contribution in [0.15, 0.2) is 71.8 Å². The van der Waals surface area contributed by atoms with Crippen molar-refractivity contribution in [3.8, 4) is 0 Å². The van der Waals surface area contributed by atoms with Gasteiger partial charge >= 0.3 is 0 Å². The van der Waals surface area contributed by atoms with Crippen LogP contribution in [0.25, 0.3) is 11.0 Å². The molecule has 2 amide bonds. The Morgan fingerprint density at radius 1 is 0.941 bits per heavy atom. The average Bonchev–Trinajstić information content (AvgIpc) is 3.26. The first-order chi connectivity index (χ1) is 16.4. The number of amides is 2. The third-order valence-electron chi connectivity index (χ3n) is 5.51. The number of H-pyrrole nitrogens is 1. The SMILES string of the molecule is CC(C)n1cc(C(=O)NCCc2nc3ccccc3[nH]2)c(=O)c(C(=O)NCc2ccccc2)c1. The van der Waals surface area contributed by atoms with Crippen LogP contribution in [0.2, 0.25) is 0 Å². The minimum Gasteiger partial charge on any atom is -0.351 e. The molecular weight excluding hydrogens is 430 g/mol. The van der Waals surface area contributed by atoms with Crippen molar-refractivity contribution in [1.29, 1.82) is 0 Å². The molecule has 0 unspecified atom stereocenters. The largest absolute Gasteiger partial charge is 0.351 e. The van der Waals surface area contributed by atoms with E-state index in [1.165, 1.54) is 12.4 Å². The van der Waals surface area contributed by atoms with E-state index in [0.29, 0.717) is 13.0 Å². The molecule has 0 atom stereocenters. The molecule has 174 valence electrons. The highest BCUT2D eigenvalue weighted by molar-refractivity contribution is 5.99. The van der Waals surface area contributed by atoms with E-state index in [9.17, 15) is 14.4 Å². The summed E-state index contributed by atoms with van der Waals surface area (Å²) in [6, 6.07) is 17.1. The summed E-state index contributed by atoms with van der Waals surface area (Å²) in [5.74, 6) is -0.288. The number of aromatic nitrogens is 3. The first kappa shape index (κ1) is 23.0. The van der Waals surface area contributed by atoms with Crippen LogP contribution >= 0.6 is 0 Å². The Balaban J connectivity index is 1.48. The van der Waals surface area contributed by atoms with Gasteiger partial charge in [-0.15, -0.1) is 0 Å². The minimum absolute atomic E-state index is 0.0385. The van der Waals surface area contributed by atoms with Crippen LogP contribution in [0.5, 0.6) is 0 Å². The number of rotatable bonds is 8. The van der Waals surface area contributed by atoms with Crippen molar-refractivity contribution in [2.45, 2.75) is 32.9 Å². The maximum atomic E-state index is 13.0. The van der Waals surface area contributed by atoms with Gasteiger partial charge in [0, 0.05) is 37.9 Å². The van der Waals surface area contributed by atoms with Crippen molar-refractivity contribution >= 4 is 22.8 Å². The molecule has 2 aromatic heterocycles. The maximum absolute atomic E-state index is 13.0. The van der Waals surface area contributed by atoms with Gasteiger partial charge in [0.05, 0.1) is 11.0 Å². The lowest BCUT2D eigenvalue weighted by molar-refractivity contribution is 0.0948. The number of carbonyl (C=O) groups is 2. The van der Waals surface area contributed by atoms with Gasteiger partial charge in [0.1, 0.15) is 17.0 Å². The fourth-order valence-electron chi connectivity index (χ4n) is 3.61. The van der Waals surface area contributed by atoms with Gasteiger partial charge in [-0.2, -0.15) is 0 Å². The maximum Gasteiger partial charge on any atom is 0.257 e. The lowest BCUT2D eigenvalue weighted by Gasteiger charge is -2.15. The first-order valence-corrected chi connectivity index (χ1v) is 11.2. The molecule has 8 nitrogen and oxygen atoms in total. The zero-order chi connectivity index (χ0) is 24.1. The van der Waals surface area contributed by atoms with E-state index >= 15 is 0 Å². The summed E-state index contributed by atoms with van der Waals surface area (Å²) in [5, 5.41) is 5.55. The standard InChI is InChI=1S/C26H27N5O3/c1-17(2)31-15-19(24(32)20(16-31)26(34)28-14-18-8-4-3-5-9-18)25(33)27-13-12-23-29-21-10-6-7-11-22(21)30-23/h3-11,15-17H,12-14H2,1-2H3,(H,27,33)(H,28,34)(H,29,30). The van der Waals surface area contributed by atoms with Crippen LogP contribution in [0.1, 0.15) is 52.0 Å². The molecule has 2 heterocycles. The van der Waals surface area contributed by atoms with Gasteiger partial charge in [-0.1, -0.05) is 42.5 Å². The normalized spacial score (nSPS) is 11.0. The number of hydrogen-bond acceptors (Lipinski definition) is 4. The minimum atomic E-state index is -0.594. The Kier molecular flexibility index (Phi) is 6.87. The highest BCUT2D eigenvalue weighted by Gasteiger charge is 2.20. The topological polar surface area (TPSA) is 109 Å². The molecule has 0 bridgehead atoms. The molecule has 0 fully saturated rings. The number of pyridine rings is 1. The predicted molar refractivity (Wildman–Crippen MR) is 131 cm³/mol. The van der Waals surface area contributed by atoms with E-state index in [4.69, 9.17) is 0 Å². The molecular formula is C26H27N5O3. The van der Waals surface area contributed by atoms with E-state index in [2.05, 4.69) is 20.6 Å². The molecule has 0 spiro atoms. The van der Waals surface area contributed by atoms with Gasteiger partial charge in [-0.25, -0.2) is 4.98 Å². The Bertz CT molecular complexity index is 1340. The fraction of sp³-hybridized carbons (Fsp3) is 0.231. The Labute approximate surface area is 197 Å². The first-order valence-electron chi connectivity index (χ1n) is 11.2. The molecule has 8 heteroatoms. The zero-order valence-corrected chi connectivity index (χ0v) is 19.2. The van der Waals surface area contributed by atoms with Gasteiger partial charge in [-0.3, -0.25) is 14.4 Å². The van der Waals surface area contributed by atoms with E-state index < -0.39 is 17.2 Å². The number of para-hydroxylation sites is 2. The van der Waals surface area contributed by atoms with Gasteiger partial charge < -0.3 is 20.2 Å². The van der Waals surface area contributed by atoms with Gasteiger partial charge in [0.25, 0.3) is 11.8 Å². The van der Waals surface area contributed by atoms with Crippen LogP contribution in [-0.4, -0.2) is 32.9 Å². The second-order valence-corrected chi connectivity index (χ2v) is 8.33. The van der Waals surface area contributed by atoms with Crippen molar-refractivity contribution in [2.75, 3.05) is 6.54 Å². The summed E-state index contributed by atoms with van der Waals surface area (Å²) in [4.78, 5) is 46.4. The number of carbonyl (C=O) groups excluding carboxylic acids is 2. The van der Waals surface area contributed by atoms with Crippen molar-refractivity contribution < 1.29 is 9.59 Å². The summed E-state index contributed by atoms with van der Waals surface area (Å²) in [6.45, 7) is 4.41. The highest BCUT2D eigenvalue weighted by Crippen LogP contribution is 2.11. The highest BCUT2D eigenvalue weighted by atomic mass is 16.2. The molecule has 2 aromatic carbocycles. The molecule has 3 N–H and O–H groups in total. The average molecular weight is 458 g/mol. The number of hydrogen-bond donors (Lipinski definition) is 3. The molecule has 34 heavy (non-hydrogen) atoms. The van der Waals surface area contributed by atoms with Gasteiger partial charge in [0.15, 0.2) is 0 Å². The van der Waals surface area contributed by atoms with Gasteiger partial charge in [0.2, 0.25) is 5.43 Å². The number of nitrogens with one attached hydrogen (secondary N) is 3. The smallest absolute Gasteiger partial charge is 0.257 e. The molecule has 0 aliphatic rings. The van der Waals surface area contributed by atoms with Crippen molar-refractivity contribution in [2.24, 2.45) is 0 Å². The summed E-state index contributed by atoms with van der Waals surface area (Å²) in [5.41, 5.74) is 1.99.